The van der Waals surface area contributed by atoms with Gasteiger partial charge in [0.25, 0.3) is 0 Å². The van der Waals surface area contributed by atoms with Gasteiger partial charge in [-0.3, -0.25) is 0 Å². The Morgan fingerprint density at radius 1 is 0.735 bits per heavy atom. The number of ether oxygens (including phenoxy) is 1. The molecule has 0 unspecified atom stereocenters. The third-order valence-electron chi connectivity index (χ3n) is 5.14. The fourth-order valence-electron chi connectivity index (χ4n) is 3.56. The predicted molar refractivity (Wildman–Crippen MR) is 124 cm³/mol. The first kappa shape index (κ1) is 22.0. The van der Waals surface area contributed by atoms with E-state index in [4.69, 9.17) is 14.0 Å². The van der Waals surface area contributed by atoms with Gasteiger partial charge < -0.3 is 14.0 Å². The Balaban J connectivity index is 0.00000241. The molecular weight excluding hydrogens is 608 g/mol. The summed E-state index contributed by atoms with van der Waals surface area (Å²) in [7, 11) is -0.561. The van der Waals surface area contributed by atoms with Crippen molar-refractivity contribution in [3.05, 3.63) is 109 Å². The summed E-state index contributed by atoms with van der Waals surface area (Å²) in [5.74, 6) is 2.52. The Morgan fingerprint density at radius 3 is 2.18 bits per heavy atom. The molecule has 0 fully saturated rings. The maximum absolute atomic E-state index is 6.03. The van der Waals surface area contributed by atoms with Crippen molar-refractivity contribution < 1.29 is 35.1 Å². The number of nitrogens with zero attached hydrogens (tertiary/aromatic N) is 3. The van der Waals surface area contributed by atoms with E-state index in [0.29, 0.717) is 28.7 Å². The van der Waals surface area contributed by atoms with Crippen LogP contribution in [0.3, 0.4) is 0 Å². The molecule has 0 N–H and O–H groups in total. The zero-order valence-electron chi connectivity index (χ0n) is 17.7. The van der Waals surface area contributed by atoms with Crippen LogP contribution < -0.4 is 19.5 Å². The molecule has 2 heterocycles. The average Bonchev–Trinajstić information content (AvgIpc) is 3.53. The second-order valence-corrected chi connectivity index (χ2v) is 7.40. The molecule has 0 saturated heterocycles. The van der Waals surface area contributed by atoms with Crippen molar-refractivity contribution in [3.8, 4) is 39.9 Å². The molecule has 0 amide bonds. The monoisotopic (exact) mass is 624 g/mol. The molecule has 5 aromatic rings. The van der Waals surface area contributed by atoms with E-state index < -0.39 is 7.12 Å². The summed E-state index contributed by atoms with van der Waals surface area (Å²) in [5, 5.41) is 8.50. The van der Waals surface area contributed by atoms with Crippen molar-refractivity contribution in [3.63, 3.8) is 0 Å². The van der Waals surface area contributed by atoms with Crippen LogP contribution in [0.2, 0.25) is 0 Å². The number of para-hydroxylation sites is 3. The fraction of sp³-hybridized carbons (Fsp3) is 0. The summed E-state index contributed by atoms with van der Waals surface area (Å²) in [4.78, 5) is 0. The Morgan fingerprint density at radius 2 is 1.41 bits per heavy atom. The molecule has 34 heavy (non-hydrogen) atoms. The molecule has 4 aromatic carbocycles. The number of fused-ring (bicyclic) bond motifs is 1. The van der Waals surface area contributed by atoms with Crippen LogP contribution in [0, 0.1) is 12.1 Å². The van der Waals surface area contributed by atoms with Crippen LogP contribution in [0.5, 0.6) is 23.0 Å². The molecule has 6 rings (SSSR count). The van der Waals surface area contributed by atoms with Gasteiger partial charge in [-0.05, 0) is 24.3 Å². The van der Waals surface area contributed by atoms with Gasteiger partial charge in [0.2, 0.25) is 0 Å². The Hall–Kier alpha value is -3.83. The van der Waals surface area contributed by atoms with E-state index in [1.54, 1.807) is 4.68 Å². The van der Waals surface area contributed by atoms with Crippen LogP contribution in [0.1, 0.15) is 0 Å². The molecule has 0 aliphatic carbocycles. The molecule has 0 radical (unpaired) electrons. The van der Waals surface area contributed by atoms with Crippen LogP contribution in [0.4, 0.5) is 0 Å². The van der Waals surface area contributed by atoms with E-state index in [-0.39, 0.29) is 21.1 Å². The minimum Gasteiger partial charge on any atom is -0.521 e. The normalized spacial score (nSPS) is 11.7. The Kier molecular flexibility index (Phi) is 6.19. The second-order valence-electron chi connectivity index (χ2n) is 7.40. The number of hydrogen-bond acceptors (Lipinski definition) is 5. The number of rotatable bonds is 5. The fourth-order valence-corrected chi connectivity index (χ4v) is 3.56. The third kappa shape index (κ3) is 4.48. The summed E-state index contributed by atoms with van der Waals surface area (Å²) in [6.45, 7) is 0. The topological polar surface area (TPSA) is 58.4 Å². The van der Waals surface area contributed by atoms with E-state index in [1.165, 1.54) is 0 Å². The average molecular weight is 624 g/mol. The first-order valence-electron chi connectivity index (χ1n) is 10.4. The van der Waals surface area contributed by atoms with Gasteiger partial charge in [0, 0.05) is 23.4 Å². The SMILES string of the molecule is [Pt+2].[c-]1c(Oc2[c-]c(-c3cn(-c4ccccc4)nn3)ccc2)cccc1B1Oc2ccccc2O1. The smallest absolute Gasteiger partial charge is 0.521 e. The molecule has 1 aliphatic heterocycles. The second kappa shape index (κ2) is 9.58. The van der Waals surface area contributed by atoms with Crippen molar-refractivity contribution in [2.75, 3.05) is 0 Å². The van der Waals surface area contributed by atoms with Gasteiger partial charge in [-0.15, -0.1) is 35.9 Å². The summed E-state index contributed by atoms with van der Waals surface area (Å²) in [6.07, 6.45) is 1.87. The maximum Gasteiger partial charge on any atom is 2.00 e. The van der Waals surface area contributed by atoms with Gasteiger partial charge in [0.15, 0.2) is 0 Å². The van der Waals surface area contributed by atoms with E-state index in [2.05, 4.69) is 22.4 Å². The van der Waals surface area contributed by atoms with Crippen molar-refractivity contribution in [1.82, 2.24) is 15.0 Å². The van der Waals surface area contributed by atoms with Crippen LogP contribution in [0.15, 0.2) is 97.2 Å². The molecule has 0 saturated carbocycles. The van der Waals surface area contributed by atoms with Gasteiger partial charge in [-0.2, -0.15) is 17.2 Å². The summed E-state index contributed by atoms with van der Waals surface area (Å²) in [6, 6.07) is 35.2. The van der Waals surface area contributed by atoms with Gasteiger partial charge >= 0.3 is 28.2 Å². The molecule has 1 aliphatic rings. The molecule has 0 bridgehead atoms. The first-order valence-corrected chi connectivity index (χ1v) is 10.4. The molecular formula is C26H16BN3O3Pt. The van der Waals surface area contributed by atoms with E-state index >= 15 is 0 Å². The third-order valence-corrected chi connectivity index (χ3v) is 5.14. The van der Waals surface area contributed by atoms with Gasteiger partial charge in [-0.25, -0.2) is 4.68 Å². The van der Waals surface area contributed by atoms with Crippen molar-refractivity contribution in [1.29, 1.82) is 0 Å². The van der Waals surface area contributed by atoms with Crippen molar-refractivity contribution in [2.45, 2.75) is 0 Å². The van der Waals surface area contributed by atoms with E-state index in [1.807, 2.05) is 97.2 Å². The standard InChI is InChI=1S/C26H16BN3O3.Pt/c1-2-10-21(11-3-1)30-18-24(28-29-30)19-8-6-12-22(16-19)31-23-13-7-9-20(17-23)27-32-25-14-4-5-15-26(25)33-27;/h1-15,18H;/q-2;+2. The van der Waals surface area contributed by atoms with Gasteiger partial charge in [0.1, 0.15) is 11.5 Å². The molecule has 0 spiro atoms. The van der Waals surface area contributed by atoms with Crippen molar-refractivity contribution in [2.24, 2.45) is 0 Å². The zero-order valence-corrected chi connectivity index (χ0v) is 20.0. The minimum absolute atomic E-state index is 0. The van der Waals surface area contributed by atoms with E-state index in [9.17, 15) is 0 Å². The largest absolute Gasteiger partial charge is 2.00 e. The minimum atomic E-state index is -0.561. The first-order chi connectivity index (χ1) is 16.3. The summed E-state index contributed by atoms with van der Waals surface area (Å²) in [5.41, 5.74) is 3.16. The summed E-state index contributed by atoms with van der Waals surface area (Å²) >= 11 is 0. The van der Waals surface area contributed by atoms with Crippen LogP contribution >= 0.6 is 0 Å². The quantitative estimate of drug-likeness (QED) is 0.213. The van der Waals surface area contributed by atoms with Crippen LogP contribution in [-0.2, 0) is 21.1 Å². The predicted octanol–water partition coefficient (Wildman–Crippen LogP) is 4.49. The maximum atomic E-state index is 6.03. The molecule has 166 valence electrons. The summed E-state index contributed by atoms with van der Waals surface area (Å²) < 4.78 is 19.5. The van der Waals surface area contributed by atoms with E-state index in [0.717, 1.165) is 16.7 Å². The van der Waals surface area contributed by atoms with Crippen molar-refractivity contribution >= 4 is 12.6 Å². The Bertz CT molecular complexity index is 1400. The molecule has 1 aromatic heterocycles. The zero-order chi connectivity index (χ0) is 22.0. The molecule has 6 nitrogen and oxygen atoms in total. The number of hydrogen-bond donors (Lipinski definition) is 0. The van der Waals surface area contributed by atoms with Crippen LogP contribution in [-0.4, -0.2) is 22.1 Å². The van der Waals surface area contributed by atoms with Gasteiger partial charge in [0.05, 0.1) is 5.69 Å². The Labute approximate surface area is 211 Å². The van der Waals surface area contributed by atoms with Crippen LogP contribution in [0.25, 0.3) is 16.9 Å². The molecule has 8 heteroatoms. The molecule has 0 atom stereocenters. The number of benzene rings is 4. The number of aromatic nitrogens is 3. The van der Waals surface area contributed by atoms with Gasteiger partial charge in [-0.1, -0.05) is 47.1 Å².